The average molecular weight is 357 g/mol. The molecule has 2 aromatic heterocycles. The average Bonchev–Trinajstić information content (AvgIpc) is 3.07. The van der Waals surface area contributed by atoms with Crippen molar-refractivity contribution < 1.29 is 4.79 Å². The highest BCUT2D eigenvalue weighted by molar-refractivity contribution is 7.13. The molecule has 1 aliphatic rings. The lowest BCUT2D eigenvalue weighted by molar-refractivity contribution is -0.117. The van der Waals surface area contributed by atoms with Crippen LogP contribution in [0.15, 0.2) is 11.6 Å². The van der Waals surface area contributed by atoms with E-state index in [0.717, 1.165) is 43.3 Å². The van der Waals surface area contributed by atoms with Gasteiger partial charge < -0.3 is 4.90 Å². The Hall–Kier alpha value is -2.57. The van der Waals surface area contributed by atoms with Crippen LogP contribution in [0.1, 0.15) is 17.0 Å². The second-order valence-corrected chi connectivity index (χ2v) is 6.74. The molecule has 0 saturated carbocycles. The van der Waals surface area contributed by atoms with Gasteiger partial charge in [-0.15, -0.1) is 10.2 Å². The van der Waals surface area contributed by atoms with Gasteiger partial charge in [0, 0.05) is 31.9 Å². The SMILES string of the molecule is Cc1cc(N2CCN(CC(=O)Nc3nncs3)CC2)c(C#N)c(C)n1. The minimum Gasteiger partial charge on any atom is -0.368 e. The lowest BCUT2D eigenvalue weighted by Gasteiger charge is -2.36. The molecular weight excluding hydrogens is 338 g/mol. The number of amides is 1. The third-order valence-corrected chi connectivity index (χ3v) is 4.71. The number of nitriles is 1. The summed E-state index contributed by atoms with van der Waals surface area (Å²) in [5.41, 5.74) is 4.82. The highest BCUT2D eigenvalue weighted by Crippen LogP contribution is 2.24. The van der Waals surface area contributed by atoms with Crippen LogP contribution in [-0.4, -0.2) is 58.7 Å². The Morgan fingerprint density at radius 1 is 1.36 bits per heavy atom. The zero-order valence-corrected chi connectivity index (χ0v) is 15.0. The van der Waals surface area contributed by atoms with Crippen molar-refractivity contribution in [1.29, 1.82) is 5.26 Å². The van der Waals surface area contributed by atoms with E-state index in [1.54, 1.807) is 5.51 Å². The monoisotopic (exact) mass is 357 g/mol. The Bertz CT molecular complexity index is 792. The predicted octanol–water partition coefficient (Wildman–Crippen LogP) is 1.18. The number of aromatic nitrogens is 3. The fourth-order valence-corrected chi connectivity index (χ4v) is 3.39. The van der Waals surface area contributed by atoms with Gasteiger partial charge in [0.05, 0.1) is 23.5 Å². The van der Waals surface area contributed by atoms with Gasteiger partial charge in [0.2, 0.25) is 11.0 Å². The predicted molar refractivity (Wildman–Crippen MR) is 95.6 cm³/mol. The number of anilines is 2. The molecule has 1 aliphatic heterocycles. The summed E-state index contributed by atoms with van der Waals surface area (Å²) in [6, 6.07) is 4.22. The molecule has 0 radical (unpaired) electrons. The van der Waals surface area contributed by atoms with Gasteiger partial charge in [-0.05, 0) is 19.9 Å². The molecule has 8 nitrogen and oxygen atoms in total. The first kappa shape index (κ1) is 17.3. The van der Waals surface area contributed by atoms with Crippen molar-refractivity contribution in [2.75, 3.05) is 42.9 Å². The van der Waals surface area contributed by atoms with Crippen LogP contribution in [0, 0.1) is 25.2 Å². The molecule has 1 fully saturated rings. The van der Waals surface area contributed by atoms with E-state index in [0.29, 0.717) is 17.2 Å². The second kappa shape index (κ2) is 7.55. The standard InChI is InChI=1S/C16H19N7OS/c1-11-7-14(13(8-17)12(2)19-11)23-5-3-22(4-6-23)9-15(24)20-16-21-18-10-25-16/h7,10H,3-6,9H2,1-2H3,(H,20,21,24). The van der Waals surface area contributed by atoms with Crippen molar-refractivity contribution in [2.24, 2.45) is 0 Å². The summed E-state index contributed by atoms with van der Waals surface area (Å²) in [7, 11) is 0. The van der Waals surface area contributed by atoms with E-state index >= 15 is 0 Å². The Morgan fingerprint density at radius 2 is 2.12 bits per heavy atom. The van der Waals surface area contributed by atoms with E-state index in [9.17, 15) is 10.1 Å². The molecular formula is C16H19N7OS. The highest BCUT2D eigenvalue weighted by atomic mass is 32.1. The van der Waals surface area contributed by atoms with Crippen molar-refractivity contribution in [1.82, 2.24) is 20.1 Å². The molecule has 0 atom stereocenters. The molecule has 9 heteroatoms. The number of rotatable bonds is 4. The van der Waals surface area contributed by atoms with Gasteiger partial charge in [-0.3, -0.25) is 20.0 Å². The van der Waals surface area contributed by atoms with Crippen LogP contribution in [0.5, 0.6) is 0 Å². The van der Waals surface area contributed by atoms with Crippen LogP contribution >= 0.6 is 11.3 Å². The van der Waals surface area contributed by atoms with E-state index in [1.165, 1.54) is 11.3 Å². The normalized spacial score (nSPS) is 15.0. The minimum absolute atomic E-state index is 0.0847. The summed E-state index contributed by atoms with van der Waals surface area (Å²) in [4.78, 5) is 20.7. The van der Waals surface area contributed by atoms with Crippen LogP contribution in [0.4, 0.5) is 10.8 Å². The van der Waals surface area contributed by atoms with Crippen molar-refractivity contribution in [2.45, 2.75) is 13.8 Å². The van der Waals surface area contributed by atoms with Crippen LogP contribution in [0.25, 0.3) is 0 Å². The largest absolute Gasteiger partial charge is 0.368 e. The maximum Gasteiger partial charge on any atom is 0.240 e. The number of carbonyl (C=O) groups excluding carboxylic acids is 1. The van der Waals surface area contributed by atoms with Gasteiger partial charge >= 0.3 is 0 Å². The molecule has 130 valence electrons. The number of pyridine rings is 1. The van der Waals surface area contributed by atoms with Crippen molar-refractivity contribution in [3.63, 3.8) is 0 Å². The molecule has 1 N–H and O–H groups in total. The molecule has 0 spiro atoms. The molecule has 3 rings (SSSR count). The first-order chi connectivity index (χ1) is 12.1. The first-order valence-electron chi connectivity index (χ1n) is 7.98. The molecule has 25 heavy (non-hydrogen) atoms. The summed E-state index contributed by atoms with van der Waals surface area (Å²) in [5.74, 6) is -0.0847. The highest BCUT2D eigenvalue weighted by Gasteiger charge is 2.22. The number of carbonyl (C=O) groups is 1. The molecule has 2 aromatic rings. The van der Waals surface area contributed by atoms with Gasteiger partial charge in [0.25, 0.3) is 0 Å². The van der Waals surface area contributed by atoms with Gasteiger partial charge in [0.15, 0.2) is 0 Å². The summed E-state index contributed by atoms with van der Waals surface area (Å²) in [5, 5.41) is 20.2. The van der Waals surface area contributed by atoms with Gasteiger partial charge in [-0.2, -0.15) is 5.26 Å². The molecule has 0 aromatic carbocycles. The molecule has 0 unspecified atom stereocenters. The van der Waals surface area contributed by atoms with E-state index in [1.807, 2.05) is 19.9 Å². The van der Waals surface area contributed by atoms with E-state index in [2.05, 4.69) is 36.4 Å². The third-order valence-electron chi connectivity index (χ3n) is 4.11. The molecule has 3 heterocycles. The number of nitrogens with zero attached hydrogens (tertiary/aromatic N) is 6. The fraction of sp³-hybridized carbons (Fsp3) is 0.438. The van der Waals surface area contributed by atoms with Crippen LogP contribution in [-0.2, 0) is 4.79 Å². The van der Waals surface area contributed by atoms with Crippen LogP contribution in [0.2, 0.25) is 0 Å². The minimum atomic E-state index is -0.0847. The number of hydrogen-bond acceptors (Lipinski definition) is 8. The molecule has 1 saturated heterocycles. The molecule has 0 bridgehead atoms. The Kier molecular flexibility index (Phi) is 5.21. The topological polar surface area (TPSA) is 98.0 Å². The zero-order valence-electron chi connectivity index (χ0n) is 14.2. The van der Waals surface area contributed by atoms with Crippen molar-refractivity contribution in [3.8, 4) is 6.07 Å². The van der Waals surface area contributed by atoms with Gasteiger partial charge in [0.1, 0.15) is 11.6 Å². The van der Waals surface area contributed by atoms with Gasteiger partial charge in [-0.25, -0.2) is 0 Å². The quantitative estimate of drug-likeness (QED) is 0.877. The Morgan fingerprint density at radius 3 is 2.76 bits per heavy atom. The maximum absolute atomic E-state index is 12.0. The van der Waals surface area contributed by atoms with Crippen LogP contribution in [0.3, 0.4) is 0 Å². The van der Waals surface area contributed by atoms with Crippen molar-refractivity contribution >= 4 is 28.1 Å². The van der Waals surface area contributed by atoms with Gasteiger partial charge in [-0.1, -0.05) is 11.3 Å². The zero-order chi connectivity index (χ0) is 17.8. The summed E-state index contributed by atoms with van der Waals surface area (Å²) in [6.45, 7) is 7.18. The second-order valence-electron chi connectivity index (χ2n) is 5.91. The van der Waals surface area contributed by atoms with Crippen LogP contribution < -0.4 is 10.2 Å². The Balaban J connectivity index is 1.59. The fourth-order valence-electron chi connectivity index (χ4n) is 2.93. The summed E-state index contributed by atoms with van der Waals surface area (Å²) >= 11 is 1.30. The summed E-state index contributed by atoms with van der Waals surface area (Å²) < 4.78 is 0. The van der Waals surface area contributed by atoms with E-state index in [4.69, 9.17) is 0 Å². The van der Waals surface area contributed by atoms with E-state index < -0.39 is 0 Å². The van der Waals surface area contributed by atoms with E-state index in [-0.39, 0.29) is 5.91 Å². The smallest absolute Gasteiger partial charge is 0.240 e. The number of piperazine rings is 1. The number of nitrogens with one attached hydrogen (secondary N) is 1. The Labute approximate surface area is 150 Å². The maximum atomic E-state index is 12.0. The molecule has 0 aliphatic carbocycles. The lowest BCUT2D eigenvalue weighted by Crippen LogP contribution is -2.49. The lowest BCUT2D eigenvalue weighted by atomic mass is 10.1. The van der Waals surface area contributed by atoms with Crippen molar-refractivity contribution in [3.05, 3.63) is 28.5 Å². The first-order valence-corrected chi connectivity index (χ1v) is 8.86. The number of hydrogen-bond donors (Lipinski definition) is 1. The number of aryl methyl sites for hydroxylation is 2. The summed E-state index contributed by atoms with van der Waals surface area (Å²) in [6.07, 6.45) is 0. The molecule has 1 amide bonds. The third kappa shape index (κ3) is 4.10.